The molecule has 0 amide bonds. The molecule has 2 heterocycles. The van der Waals surface area contributed by atoms with Crippen LogP contribution in [0.15, 0.2) is 18.6 Å². The molecular weight excluding hydrogens is 284 g/mol. The Bertz CT molecular complexity index is 597. The Hall–Kier alpha value is -1.99. The maximum absolute atomic E-state index is 11.6. The predicted molar refractivity (Wildman–Crippen MR) is 70.4 cm³/mol. The number of carbonyl (C=O) groups excluding carboxylic acids is 1. The molecule has 2 aromatic heterocycles. The molecule has 20 heavy (non-hydrogen) atoms. The van der Waals surface area contributed by atoms with Gasteiger partial charge in [-0.3, -0.25) is 4.68 Å². The van der Waals surface area contributed by atoms with Crippen molar-refractivity contribution in [3.8, 4) is 0 Å². The second kappa shape index (κ2) is 6.44. The normalized spacial score (nSPS) is 10.6. The summed E-state index contributed by atoms with van der Waals surface area (Å²) in [6.45, 7) is 0.658. The first-order valence-electron chi connectivity index (χ1n) is 5.74. The molecule has 0 spiro atoms. The SMILES string of the molecule is COCc1c(C(=O)OC)cnn1Cc1cnc(Cl)nc1. The molecule has 2 aromatic rings. The van der Waals surface area contributed by atoms with E-state index in [0.717, 1.165) is 5.56 Å². The van der Waals surface area contributed by atoms with Gasteiger partial charge in [0.25, 0.3) is 0 Å². The molecule has 0 radical (unpaired) electrons. The Morgan fingerprint density at radius 3 is 2.60 bits per heavy atom. The fourth-order valence-corrected chi connectivity index (χ4v) is 1.81. The number of hydrogen-bond donors (Lipinski definition) is 0. The summed E-state index contributed by atoms with van der Waals surface area (Å²) in [5.41, 5.74) is 1.82. The lowest BCUT2D eigenvalue weighted by molar-refractivity contribution is 0.0595. The molecule has 0 atom stereocenters. The van der Waals surface area contributed by atoms with Gasteiger partial charge in [-0.2, -0.15) is 5.10 Å². The molecule has 0 unspecified atom stereocenters. The van der Waals surface area contributed by atoms with Crippen LogP contribution >= 0.6 is 11.6 Å². The molecule has 0 fully saturated rings. The average molecular weight is 297 g/mol. The van der Waals surface area contributed by atoms with Gasteiger partial charge in [0.1, 0.15) is 5.56 Å². The molecule has 106 valence electrons. The van der Waals surface area contributed by atoms with Gasteiger partial charge in [-0.15, -0.1) is 0 Å². The van der Waals surface area contributed by atoms with Crippen LogP contribution in [0.1, 0.15) is 21.6 Å². The number of ether oxygens (including phenoxy) is 2. The summed E-state index contributed by atoms with van der Waals surface area (Å²) in [6.07, 6.45) is 4.66. The zero-order chi connectivity index (χ0) is 14.5. The molecule has 0 saturated heterocycles. The van der Waals surface area contributed by atoms with Crippen molar-refractivity contribution in [2.75, 3.05) is 14.2 Å². The number of hydrogen-bond acceptors (Lipinski definition) is 6. The van der Waals surface area contributed by atoms with Crippen LogP contribution in [0.5, 0.6) is 0 Å². The molecular formula is C12H13ClN4O3. The molecule has 0 aliphatic carbocycles. The summed E-state index contributed by atoms with van der Waals surface area (Å²) in [7, 11) is 2.87. The minimum Gasteiger partial charge on any atom is -0.465 e. The van der Waals surface area contributed by atoms with Crippen molar-refractivity contribution in [2.45, 2.75) is 13.2 Å². The zero-order valence-corrected chi connectivity index (χ0v) is 11.8. The minimum atomic E-state index is -0.448. The van der Waals surface area contributed by atoms with Gasteiger partial charge in [-0.1, -0.05) is 0 Å². The number of esters is 1. The predicted octanol–water partition coefficient (Wildman–Crippen LogP) is 1.31. The topological polar surface area (TPSA) is 79.1 Å². The van der Waals surface area contributed by atoms with Gasteiger partial charge >= 0.3 is 5.97 Å². The summed E-state index contributed by atoms with van der Waals surface area (Å²) in [5.74, 6) is -0.448. The van der Waals surface area contributed by atoms with E-state index in [-0.39, 0.29) is 11.9 Å². The summed E-state index contributed by atoms with van der Waals surface area (Å²) >= 11 is 5.63. The highest BCUT2D eigenvalue weighted by molar-refractivity contribution is 6.28. The van der Waals surface area contributed by atoms with Gasteiger partial charge in [0.15, 0.2) is 0 Å². The van der Waals surface area contributed by atoms with Gasteiger partial charge in [0.05, 0.1) is 32.2 Å². The van der Waals surface area contributed by atoms with Crippen molar-refractivity contribution in [2.24, 2.45) is 0 Å². The Kier molecular flexibility index (Phi) is 4.65. The largest absolute Gasteiger partial charge is 0.465 e. The van der Waals surface area contributed by atoms with Crippen molar-refractivity contribution in [1.82, 2.24) is 19.7 Å². The van der Waals surface area contributed by atoms with E-state index in [9.17, 15) is 4.79 Å². The van der Waals surface area contributed by atoms with Crippen LogP contribution in [0.2, 0.25) is 5.28 Å². The highest BCUT2D eigenvalue weighted by Gasteiger charge is 2.18. The molecule has 8 heteroatoms. The van der Waals surface area contributed by atoms with Gasteiger partial charge in [0.2, 0.25) is 5.28 Å². The standard InChI is InChI=1S/C12H13ClN4O3/c1-19-7-10-9(11(18)20-2)5-16-17(10)6-8-3-14-12(13)15-4-8/h3-5H,6-7H2,1-2H3. The third-order valence-electron chi connectivity index (χ3n) is 2.64. The van der Waals surface area contributed by atoms with Crippen LogP contribution in [0.25, 0.3) is 0 Å². The first kappa shape index (κ1) is 14.4. The monoisotopic (exact) mass is 296 g/mol. The van der Waals surface area contributed by atoms with E-state index in [1.807, 2.05) is 0 Å². The second-order valence-corrected chi connectivity index (χ2v) is 4.29. The average Bonchev–Trinajstić information content (AvgIpc) is 2.84. The fraction of sp³-hybridized carbons (Fsp3) is 0.333. The first-order valence-corrected chi connectivity index (χ1v) is 6.12. The summed E-state index contributed by atoms with van der Waals surface area (Å²) in [4.78, 5) is 19.4. The lowest BCUT2D eigenvalue weighted by atomic mass is 10.2. The Morgan fingerprint density at radius 2 is 2.00 bits per heavy atom. The van der Waals surface area contributed by atoms with E-state index >= 15 is 0 Å². The molecule has 7 nitrogen and oxygen atoms in total. The van der Waals surface area contributed by atoms with E-state index in [1.54, 1.807) is 24.2 Å². The molecule has 0 bridgehead atoms. The fourth-order valence-electron chi connectivity index (χ4n) is 1.71. The number of carbonyl (C=O) groups is 1. The third-order valence-corrected chi connectivity index (χ3v) is 2.84. The van der Waals surface area contributed by atoms with E-state index < -0.39 is 5.97 Å². The molecule has 0 aliphatic heterocycles. The molecule has 2 rings (SSSR count). The summed E-state index contributed by atoms with van der Waals surface area (Å²) in [6, 6.07) is 0. The number of nitrogens with zero attached hydrogens (tertiary/aromatic N) is 4. The number of halogens is 1. The van der Waals surface area contributed by atoms with E-state index in [0.29, 0.717) is 17.8 Å². The Labute approximate surface area is 120 Å². The maximum Gasteiger partial charge on any atom is 0.341 e. The summed E-state index contributed by atoms with van der Waals surface area (Å²) in [5, 5.41) is 4.35. The Morgan fingerprint density at radius 1 is 1.30 bits per heavy atom. The van der Waals surface area contributed by atoms with Crippen LogP contribution < -0.4 is 0 Å². The highest BCUT2D eigenvalue weighted by Crippen LogP contribution is 2.13. The maximum atomic E-state index is 11.6. The van der Waals surface area contributed by atoms with Gasteiger partial charge < -0.3 is 9.47 Å². The van der Waals surface area contributed by atoms with Gasteiger partial charge in [-0.25, -0.2) is 14.8 Å². The highest BCUT2D eigenvalue weighted by atomic mass is 35.5. The Balaban J connectivity index is 2.29. The van der Waals surface area contributed by atoms with E-state index in [1.165, 1.54) is 13.3 Å². The van der Waals surface area contributed by atoms with Crippen LogP contribution in [-0.2, 0) is 22.6 Å². The third kappa shape index (κ3) is 3.12. The smallest absolute Gasteiger partial charge is 0.341 e. The van der Waals surface area contributed by atoms with Crippen molar-refractivity contribution in [1.29, 1.82) is 0 Å². The lowest BCUT2D eigenvalue weighted by Gasteiger charge is -2.08. The number of methoxy groups -OCH3 is 2. The van der Waals surface area contributed by atoms with Crippen LogP contribution in [0.4, 0.5) is 0 Å². The van der Waals surface area contributed by atoms with Crippen molar-refractivity contribution in [3.05, 3.63) is 40.7 Å². The van der Waals surface area contributed by atoms with E-state index in [4.69, 9.17) is 21.1 Å². The summed E-state index contributed by atoms with van der Waals surface area (Å²) < 4.78 is 11.5. The molecule has 0 aliphatic rings. The lowest BCUT2D eigenvalue weighted by Crippen LogP contribution is -2.11. The van der Waals surface area contributed by atoms with E-state index in [2.05, 4.69) is 15.1 Å². The number of rotatable bonds is 5. The second-order valence-electron chi connectivity index (χ2n) is 3.95. The molecule has 0 saturated carbocycles. The van der Waals surface area contributed by atoms with Crippen molar-refractivity contribution in [3.63, 3.8) is 0 Å². The van der Waals surface area contributed by atoms with Crippen molar-refractivity contribution < 1.29 is 14.3 Å². The van der Waals surface area contributed by atoms with Gasteiger partial charge in [-0.05, 0) is 11.6 Å². The minimum absolute atomic E-state index is 0.182. The first-order chi connectivity index (χ1) is 9.65. The zero-order valence-electron chi connectivity index (χ0n) is 11.0. The van der Waals surface area contributed by atoms with Gasteiger partial charge in [0, 0.05) is 25.1 Å². The molecule has 0 N–H and O–H groups in total. The van der Waals surface area contributed by atoms with Crippen LogP contribution in [0, 0.1) is 0 Å². The quantitative estimate of drug-likeness (QED) is 0.611. The van der Waals surface area contributed by atoms with Crippen molar-refractivity contribution >= 4 is 17.6 Å². The molecule has 0 aromatic carbocycles. The number of aromatic nitrogens is 4. The van der Waals surface area contributed by atoms with Crippen LogP contribution in [-0.4, -0.2) is 39.9 Å². The van der Waals surface area contributed by atoms with Crippen LogP contribution in [0.3, 0.4) is 0 Å².